The van der Waals surface area contributed by atoms with Crippen molar-refractivity contribution in [2.75, 3.05) is 7.11 Å². The van der Waals surface area contributed by atoms with E-state index in [1.165, 1.54) is 20.0 Å². The Hall–Kier alpha value is -1.39. The first-order valence-corrected chi connectivity index (χ1v) is 6.78. The van der Waals surface area contributed by atoms with Crippen molar-refractivity contribution in [3.05, 3.63) is 35.4 Å². The molecule has 0 N–H and O–H groups in total. The zero-order chi connectivity index (χ0) is 13.2. The Morgan fingerprint density at radius 3 is 2.42 bits per heavy atom. The van der Waals surface area contributed by atoms with Crippen LogP contribution in [-0.4, -0.2) is 25.3 Å². The van der Waals surface area contributed by atoms with Gasteiger partial charge in [0.25, 0.3) is 0 Å². The number of carbonyl (C=O) groups excluding carboxylic acids is 1. The van der Waals surface area contributed by atoms with Gasteiger partial charge in [-0.05, 0) is 18.9 Å². The van der Waals surface area contributed by atoms with Gasteiger partial charge in [-0.3, -0.25) is 0 Å². The first kappa shape index (κ1) is 12.6. The van der Waals surface area contributed by atoms with Crippen LogP contribution in [0.25, 0.3) is 0 Å². The molecule has 0 radical (unpaired) electrons. The van der Waals surface area contributed by atoms with Crippen LogP contribution in [0.2, 0.25) is 0 Å². The van der Waals surface area contributed by atoms with Crippen LogP contribution >= 0.6 is 0 Å². The number of methoxy groups -OCH3 is 1. The van der Waals surface area contributed by atoms with Crippen molar-refractivity contribution >= 4 is 5.97 Å². The Labute approximate surface area is 112 Å². The lowest BCUT2D eigenvalue weighted by Crippen LogP contribution is -2.25. The second-order valence-electron chi connectivity index (χ2n) is 5.04. The van der Waals surface area contributed by atoms with Crippen molar-refractivity contribution in [2.45, 2.75) is 44.2 Å². The lowest BCUT2D eigenvalue weighted by Gasteiger charge is -2.21. The summed E-state index contributed by atoms with van der Waals surface area (Å²) in [4.78, 5) is 11.8. The maximum absolute atomic E-state index is 11.8. The van der Waals surface area contributed by atoms with Gasteiger partial charge in [-0.15, -0.1) is 0 Å². The third-order valence-corrected chi connectivity index (χ3v) is 3.86. The second kappa shape index (κ2) is 5.31. The molecule has 4 heteroatoms. The molecular weight excluding hydrogens is 244 g/mol. The van der Waals surface area contributed by atoms with E-state index in [4.69, 9.17) is 14.2 Å². The van der Waals surface area contributed by atoms with E-state index in [1.54, 1.807) is 6.07 Å². The molecule has 1 aliphatic carbocycles. The molecule has 0 aromatic heterocycles. The summed E-state index contributed by atoms with van der Waals surface area (Å²) >= 11 is 0. The summed E-state index contributed by atoms with van der Waals surface area (Å²) in [6.45, 7) is 0. The summed E-state index contributed by atoms with van der Waals surface area (Å²) in [6.07, 6.45) is 4.37. The normalized spacial score (nSPS) is 29.8. The molecule has 4 nitrogen and oxygen atoms in total. The topological polar surface area (TPSA) is 44.8 Å². The smallest absolute Gasteiger partial charge is 0.338 e. The van der Waals surface area contributed by atoms with Crippen LogP contribution in [0.4, 0.5) is 0 Å². The third kappa shape index (κ3) is 2.38. The molecule has 1 aromatic rings. The van der Waals surface area contributed by atoms with Crippen LogP contribution in [0.5, 0.6) is 0 Å². The lowest BCUT2D eigenvalue weighted by molar-refractivity contribution is -0.0686. The highest BCUT2D eigenvalue weighted by molar-refractivity contribution is 5.91. The number of carbonyl (C=O) groups is 1. The fourth-order valence-electron chi connectivity index (χ4n) is 2.87. The number of benzene rings is 1. The molecule has 1 aliphatic heterocycles. The molecule has 2 aliphatic rings. The monoisotopic (exact) mass is 262 g/mol. The number of rotatable bonds is 2. The van der Waals surface area contributed by atoms with Gasteiger partial charge in [0.15, 0.2) is 6.29 Å². The van der Waals surface area contributed by atoms with E-state index in [1.807, 2.05) is 18.2 Å². The molecule has 1 aromatic carbocycles. The van der Waals surface area contributed by atoms with Gasteiger partial charge in [-0.25, -0.2) is 4.79 Å². The number of fused-ring (bicyclic) bond motifs is 1. The van der Waals surface area contributed by atoms with Gasteiger partial charge in [0.1, 0.15) is 0 Å². The molecule has 0 spiro atoms. The van der Waals surface area contributed by atoms with Crippen molar-refractivity contribution in [2.24, 2.45) is 0 Å². The fraction of sp³-hybridized carbons (Fsp3) is 0.533. The molecule has 3 atom stereocenters. The highest BCUT2D eigenvalue weighted by Crippen LogP contribution is 2.39. The molecule has 0 amide bonds. The Bertz CT molecular complexity index is 457. The van der Waals surface area contributed by atoms with Gasteiger partial charge in [-0.1, -0.05) is 31.0 Å². The summed E-state index contributed by atoms with van der Waals surface area (Å²) in [5, 5.41) is 0. The minimum atomic E-state index is -0.441. The van der Waals surface area contributed by atoms with Gasteiger partial charge in [-0.2, -0.15) is 0 Å². The molecule has 0 bridgehead atoms. The maximum atomic E-state index is 11.8. The summed E-state index contributed by atoms with van der Waals surface area (Å²) < 4.78 is 16.7. The van der Waals surface area contributed by atoms with E-state index in [-0.39, 0.29) is 18.2 Å². The van der Waals surface area contributed by atoms with E-state index < -0.39 is 6.29 Å². The van der Waals surface area contributed by atoms with Crippen LogP contribution < -0.4 is 0 Å². The molecule has 1 heterocycles. The van der Waals surface area contributed by atoms with Crippen LogP contribution in [0, 0.1) is 0 Å². The van der Waals surface area contributed by atoms with Crippen LogP contribution in [-0.2, 0) is 14.2 Å². The molecule has 1 saturated carbocycles. The standard InChI is InChI=1S/C15H18O4/c1-17-14(16)10-6-2-3-7-11(10)15-18-12-8-4-5-9-13(12)19-15/h2-3,6-7,12-13,15H,4-5,8-9H2,1H3/t12-,13+,15?. The van der Waals surface area contributed by atoms with Crippen molar-refractivity contribution in [3.63, 3.8) is 0 Å². The number of hydrogen-bond donors (Lipinski definition) is 0. The molecule has 19 heavy (non-hydrogen) atoms. The molecule has 102 valence electrons. The lowest BCUT2D eigenvalue weighted by atomic mass is 9.95. The minimum Gasteiger partial charge on any atom is -0.465 e. The van der Waals surface area contributed by atoms with Gasteiger partial charge >= 0.3 is 5.97 Å². The number of esters is 1. The Morgan fingerprint density at radius 1 is 1.16 bits per heavy atom. The zero-order valence-electron chi connectivity index (χ0n) is 11.0. The molecular formula is C15H18O4. The van der Waals surface area contributed by atoms with E-state index >= 15 is 0 Å². The van der Waals surface area contributed by atoms with Gasteiger partial charge < -0.3 is 14.2 Å². The van der Waals surface area contributed by atoms with Crippen molar-refractivity contribution < 1.29 is 19.0 Å². The molecule has 3 rings (SSSR count). The largest absolute Gasteiger partial charge is 0.465 e. The predicted molar refractivity (Wildman–Crippen MR) is 68.7 cm³/mol. The number of ether oxygens (including phenoxy) is 3. The Kier molecular flexibility index (Phi) is 3.53. The fourth-order valence-corrected chi connectivity index (χ4v) is 2.87. The van der Waals surface area contributed by atoms with E-state index in [0.717, 1.165) is 18.4 Å². The zero-order valence-corrected chi connectivity index (χ0v) is 11.0. The van der Waals surface area contributed by atoms with E-state index in [2.05, 4.69) is 0 Å². The van der Waals surface area contributed by atoms with E-state index in [9.17, 15) is 4.79 Å². The second-order valence-corrected chi connectivity index (χ2v) is 5.04. The van der Waals surface area contributed by atoms with Crippen molar-refractivity contribution in [1.82, 2.24) is 0 Å². The SMILES string of the molecule is COC(=O)c1ccccc1C1O[C@H]2CCCC[C@H]2O1. The number of hydrogen-bond acceptors (Lipinski definition) is 4. The van der Waals surface area contributed by atoms with E-state index in [0.29, 0.717) is 5.56 Å². The molecule has 1 saturated heterocycles. The third-order valence-electron chi connectivity index (χ3n) is 3.86. The summed E-state index contributed by atoms with van der Waals surface area (Å²) in [5.41, 5.74) is 1.29. The predicted octanol–water partition coefficient (Wildman–Crippen LogP) is 2.83. The maximum Gasteiger partial charge on any atom is 0.338 e. The average Bonchev–Trinajstić information content (AvgIpc) is 2.90. The first-order valence-electron chi connectivity index (χ1n) is 6.78. The average molecular weight is 262 g/mol. The van der Waals surface area contributed by atoms with Crippen molar-refractivity contribution in [1.29, 1.82) is 0 Å². The van der Waals surface area contributed by atoms with Gasteiger partial charge in [0.2, 0.25) is 0 Å². The summed E-state index contributed by atoms with van der Waals surface area (Å²) in [7, 11) is 1.38. The Morgan fingerprint density at radius 2 is 1.79 bits per heavy atom. The minimum absolute atomic E-state index is 0.171. The highest BCUT2D eigenvalue weighted by Gasteiger charge is 2.39. The molecule has 1 unspecified atom stereocenters. The van der Waals surface area contributed by atoms with Crippen molar-refractivity contribution in [3.8, 4) is 0 Å². The van der Waals surface area contributed by atoms with Gasteiger partial charge in [0.05, 0.1) is 24.9 Å². The van der Waals surface area contributed by atoms with Crippen LogP contribution in [0.1, 0.15) is 47.9 Å². The first-order chi connectivity index (χ1) is 9.29. The Balaban J connectivity index is 1.85. The highest BCUT2D eigenvalue weighted by atomic mass is 16.7. The summed E-state index contributed by atoms with van der Waals surface area (Å²) in [5.74, 6) is -0.349. The summed E-state index contributed by atoms with van der Waals surface area (Å²) in [6, 6.07) is 7.32. The molecule has 2 fully saturated rings. The van der Waals surface area contributed by atoms with Gasteiger partial charge in [0, 0.05) is 5.56 Å². The van der Waals surface area contributed by atoms with Crippen LogP contribution in [0.3, 0.4) is 0 Å². The van der Waals surface area contributed by atoms with Crippen LogP contribution in [0.15, 0.2) is 24.3 Å². The quantitative estimate of drug-likeness (QED) is 0.769.